The molecular weight excluding hydrogens is 246 g/mol. The Balaban J connectivity index is 2.12. The van der Waals surface area contributed by atoms with Crippen molar-refractivity contribution in [3.8, 4) is 5.75 Å². The van der Waals surface area contributed by atoms with E-state index in [1.807, 2.05) is 24.3 Å². The van der Waals surface area contributed by atoms with Crippen molar-refractivity contribution < 1.29 is 9.66 Å². The minimum absolute atomic E-state index is 0.0367. The number of anilines is 1. The number of nitrogens with one attached hydrogen (secondary N) is 1. The van der Waals surface area contributed by atoms with Crippen molar-refractivity contribution >= 4 is 11.5 Å². The molecule has 1 heterocycles. The number of nitro groups is 1. The number of benzene rings is 1. The van der Waals surface area contributed by atoms with Gasteiger partial charge in [-0.25, -0.2) is 4.98 Å². The van der Waals surface area contributed by atoms with Crippen LogP contribution in [0.2, 0.25) is 0 Å². The van der Waals surface area contributed by atoms with E-state index in [0.29, 0.717) is 6.54 Å². The molecule has 0 amide bonds. The normalized spacial score (nSPS) is 9.95. The Bertz CT molecular complexity index is 587. The van der Waals surface area contributed by atoms with Crippen LogP contribution in [0.5, 0.6) is 5.75 Å². The fraction of sp³-hybridized carbons (Fsp3) is 0.154. The molecule has 0 fully saturated rings. The third-order valence-electron chi connectivity index (χ3n) is 2.58. The van der Waals surface area contributed by atoms with Crippen LogP contribution in [-0.2, 0) is 6.54 Å². The summed E-state index contributed by atoms with van der Waals surface area (Å²) in [5, 5.41) is 13.8. The second-order valence-corrected chi connectivity index (χ2v) is 3.83. The molecule has 6 nitrogen and oxygen atoms in total. The molecule has 0 atom stereocenters. The number of ether oxygens (including phenoxy) is 1. The van der Waals surface area contributed by atoms with Crippen molar-refractivity contribution in [2.75, 3.05) is 12.4 Å². The van der Waals surface area contributed by atoms with E-state index in [9.17, 15) is 10.1 Å². The smallest absolute Gasteiger partial charge is 0.311 e. The number of nitrogens with zero attached hydrogens (tertiary/aromatic N) is 2. The summed E-state index contributed by atoms with van der Waals surface area (Å²) >= 11 is 0. The van der Waals surface area contributed by atoms with Gasteiger partial charge >= 0.3 is 5.69 Å². The molecule has 2 rings (SSSR count). The van der Waals surface area contributed by atoms with Gasteiger partial charge < -0.3 is 10.1 Å². The lowest BCUT2D eigenvalue weighted by atomic mass is 10.2. The standard InChI is InChI=1S/C13H13N3O3/c1-19-11-5-2-4-10(8-11)9-15-13-12(16(17)18)6-3-7-14-13/h2-8H,9H2,1H3,(H,14,15). The average Bonchev–Trinajstić information content (AvgIpc) is 2.45. The largest absolute Gasteiger partial charge is 0.497 e. The molecule has 19 heavy (non-hydrogen) atoms. The van der Waals surface area contributed by atoms with Gasteiger partial charge in [0.05, 0.1) is 12.0 Å². The van der Waals surface area contributed by atoms with Crippen molar-refractivity contribution in [2.45, 2.75) is 6.54 Å². The van der Waals surface area contributed by atoms with Crippen LogP contribution in [0.25, 0.3) is 0 Å². The van der Waals surface area contributed by atoms with Crippen LogP contribution in [0.4, 0.5) is 11.5 Å². The van der Waals surface area contributed by atoms with Crippen LogP contribution in [0.1, 0.15) is 5.56 Å². The molecule has 0 aliphatic rings. The summed E-state index contributed by atoms with van der Waals surface area (Å²) in [4.78, 5) is 14.4. The van der Waals surface area contributed by atoms with Gasteiger partial charge in [-0.1, -0.05) is 12.1 Å². The van der Waals surface area contributed by atoms with Gasteiger partial charge in [0.25, 0.3) is 0 Å². The van der Waals surface area contributed by atoms with Crippen LogP contribution in [-0.4, -0.2) is 17.0 Å². The van der Waals surface area contributed by atoms with Crippen LogP contribution in [0, 0.1) is 10.1 Å². The second-order valence-electron chi connectivity index (χ2n) is 3.83. The van der Waals surface area contributed by atoms with Crippen molar-refractivity contribution in [2.24, 2.45) is 0 Å². The van der Waals surface area contributed by atoms with E-state index in [2.05, 4.69) is 10.3 Å². The number of pyridine rings is 1. The highest BCUT2D eigenvalue weighted by Crippen LogP contribution is 2.21. The summed E-state index contributed by atoms with van der Waals surface area (Å²) in [6, 6.07) is 10.4. The number of hydrogen-bond acceptors (Lipinski definition) is 5. The quantitative estimate of drug-likeness (QED) is 0.659. The lowest BCUT2D eigenvalue weighted by Crippen LogP contribution is -2.04. The molecule has 0 spiro atoms. The average molecular weight is 259 g/mol. The molecule has 1 N–H and O–H groups in total. The van der Waals surface area contributed by atoms with Gasteiger partial charge in [0.1, 0.15) is 5.75 Å². The van der Waals surface area contributed by atoms with E-state index in [-0.39, 0.29) is 11.5 Å². The number of aromatic nitrogens is 1. The molecule has 1 aromatic carbocycles. The maximum atomic E-state index is 10.8. The van der Waals surface area contributed by atoms with Gasteiger partial charge in [0.15, 0.2) is 0 Å². The summed E-state index contributed by atoms with van der Waals surface area (Å²) in [6.07, 6.45) is 1.51. The first kappa shape index (κ1) is 12.8. The van der Waals surface area contributed by atoms with E-state index in [1.54, 1.807) is 7.11 Å². The lowest BCUT2D eigenvalue weighted by molar-refractivity contribution is -0.384. The van der Waals surface area contributed by atoms with Gasteiger partial charge in [-0.3, -0.25) is 10.1 Å². The first-order chi connectivity index (χ1) is 9.20. The van der Waals surface area contributed by atoms with E-state index >= 15 is 0 Å². The van der Waals surface area contributed by atoms with Crippen molar-refractivity contribution in [1.29, 1.82) is 0 Å². The van der Waals surface area contributed by atoms with Gasteiger partial charge in [0, 0.05) is 18.8 Å². The molecule has 0 bridgehead atoms. The lowest BCUT2D eigenvalue weighted by Gasteiger charge is -2.07. The molecule has 0 saturated carbocycles. The molecular formula is C13H13N3O3. The molecule has 0 saturated heterocycles. The highest BCUT2D eigenvalue weighted by Gasteiger charge is 2.13. The summed E-state index contributed by atoms with van der Waals surface area (Å²) in [5.74, 6) is 1.00. The summed E-state index contributed by atoms with van der Waals surface area (Å²) < 4.78 is 5.12. The topological polar surface area (TPSA) is 77.3 Å². The van der Waals surface area contributed by atoms with E-state index in [1.165, 1.54) is 18.3 Å². The summed E-state index contributed by atoms with van der Waals surface area (Å²) in [6.45, 7) is 0.440. The maximum absolute atomic E-state index is 10.8. The third kappa shape index (κ3) is 3.19. The fourth-order valence-corrected chi connectivity index (χ4v) is 1.65. The van der Waals surface area contributed by atoms with E-state index < -0.39 is 4.92 Å². The zero-order valence-corrected chi connectivity index (χ0v) is 10.4. The molecule has 0 radical (unpaired) electrons. The fourth-order valence-electron chi connectivity index (χ4n) is 1.65. The Labute approximate surface area is 110 Å². The minimum atomic E-state index is -0.457. The van der Waals surface area contributed by atoms with Gasteiger partial charge in [0.2, 0.25) is 5.82 Å². The Kier molecular flexibility index (Phi) is 3.92. The molecule has 0 aliphatic heterocycles. The molecule has 98 valence electrons. The molecule has 1 aromatic heterocycles. The summed E-state index contributed by atoms with van der Waals surface area (Å²) in [5.41, 5.74) is 0.921. The Morgan fingerprint density at radius 1 is 1.37 bits per heavy atom. The molecule has 2 aromatic rings. The second kappa shape index (κ2) is 5.81. The van der Waals surface area contributed by atoms with Crippen LogP contribution < -0.4 is 10.1 Å². The van der Waals surface area contributed by atoms with Crippen LogP contribution in [0.3, 0.4) is 0 Å². The van der Waals surface area contributed by atoms with Gasteiger partial charge in [-0.15, -0.1) is 0 Å². The van der Waals surface area contributed by atoms with Crippen molar-refractivity contribution in [3.05, 3.63) is 58.3 Å². The number of methoxy groups -OCH3 is 1. The Morgan fingerprint density at radius 2 is 2.21 bits per heavy atom. The minimum Gasteiger partial charge on any atom is -0.497 e. The Hall–Kier alpha value is -2.63. The number of hydrogen-bond donors (Lipinski definition) is 1. The highest BCUT2D eigenvalue weighted by atomic mass is 16.6. The van der Waals surface area contributed by atoms with E-state index in [0.717, 1.165) is 11.3 Å². The first-order valence-corrected chi connectivity index (χ1v) is 5.67. The van der Waals surface area contributed by atoms with Gasteiger partial charge in [-0.2, -0.15) is 0 Å². The highest BCUT2D eigenvalue weighted by molar-refractivity contribution is 5.55. The Morgan fingerprint density at radius 3 is 2.95 bits per heavy atom. The van der Waals surface area contributed by atoms with Crippen LogP contribution >= 0.6 is 0 Å². The van der Waals surface area contributed by atoms with Crippen molar-refractivity contribution in [3.63, 3.8) is 0 Å². The SMILES string of the molecule is COc1cccc(CNc2ncccc2[N+](=O)[O-])c1. The van der Waals surface area contributed by atoms with Crippen molar-refractivity contribution in [1.82, 2.24) is 4.98 Å². The van der Waals surface area contributed by atoms with Gasteiger partial charge in [-0.05, 0) is 23.8 Å². The third-order valence-corrected chi connectivity index (χ3v) is 2.58. The predicted molar refractivity (Wildman–Crippen MR) is 71.2 cm³/mol. The first-order valence-electron chi connectivity index (χ1n) is 5.67. The monoisotopic (exact) mass is 259 g/mol. The zero-order chi connectivity index (χ0) is 13.7. The zero-order valence-electron chi connectivity index (χ0n) is 10.4. The predicted octanol–water partition coefficient (Wildman–Crippen LogP) is 2.61. The molecule has 6 heteroatoms. The molecule has 0 unspecified atom stereocenters. The van der Waals surface area contributed by atoms with Crippen LogP contribution in [0.15, 0.2) is 42.6 Å². The van der Waals surface area contributed by atoms with E-state index in [4.69, 9.17) is 4.74 Å². The number of rotatable bonds is 5. The molecule has 0 aliphatic carbocycles. The summed E-state index contributed by atoms with van der Waals surface area (Å²) in [7, 11) is 1.59. The maximum Gasteiger partial charge on any atom is 0.311 e.